The maximum absolute atomic E-state index is 13.7. The molecule has 6 nitrogen and oxygen atoms in total. The molecule has 7 atom stereocenters. The maximum Gasteiger partial charge on any atom is 0.248 e. The third kappa shape index (κ3) is 3.19. The summed E-state index contributed by atoms with van der Waals surface area (Å²) in [5.74, 6) is 0.658. The van der Waals surface area contributed by atoms with Crippen molar-refractivity contribution in [3.05, 3.63) is 72.3 Å². The van der Waals surface area contributed by atoms with E-state index in [4.69, 9.17) is 4.74 Å². The molecule has 6 heteroatoms. The molecule has 1 aliphatic heterocycles. The molecule has 7 rings (SSSR count). The van der Waals surface area contributed by atoms with Crippen LogP contribution in [0.4, 0.5) is 5.69 Å². The van der Waals surface area contributed by atoms with Crippen LogP contribution in [-0.4, -0.2) is 35.8 Å². The quantitative estimate of drug-likeness (QED) is 0.550. The van der Waals surface area contributed by atoms with Gasteiger partial charge in [0.2, 0.25) is 17.7 Å². The molecule has 33 heavy (non-hydrogen) atoms. The largest absolute Gasteiger partial charge is 0.497 e. The van der Waals surface area contributed by atoms with Crippen molar-refractivity contribution in [2.45, 2.75) is 18.9 Å². The van der Waals surface area contributed by atoms with Gasteiger partial charge in [-0.15, -0.1) is 0 Å². The monoisotopic (exact) mass is 442 g/mol. The van der Waals surface area contributed by atoms with Crippen LogP contribution in [-0.2, 0) is 20.8 Å². The molecule has 2 saturated carbocycles. The standard InChI is InChI=1S/C27H26N2O4/c1-33-17-9-7-16(8-10-17)28-25(30)22(13-15-5-3-2-4-6-15)29-26(31)23-18-11-12-19(21-14-20(18)21)24(23)27(29)32/h2-12,18-24H,13-14H2,1H3,(H,28,30)/t18-,19-,20-,21-,22-,23-,24+/m1/s1. The normalized spacial score (nSPS) is 31.7. The Morgan fingerprint density at radius 3 is 2.15 bits per heavy atom. The zero-order chi connectivity index (χ0) is 22.7. The fourth-order valence-electron chi connectivity index (χ4n) is 6.33. The lowest BCUT2D eigenvalue weighted by atomic mass is 9.63. The highest BCUT2D eigenvalue weighted by atomic mass is 16.5. The third-order valence-corrected chi connectivity index (χ3v) is 7.94. The van der Waals surface area contributed by atoms with Crippen LogP contribution >= 0.6 is 0 Å². The Kier molecular flexibility index (Phi) is 4.64. The van der Waals surface area contributed by atoms with Gasteiger partial charge in [-0.2, -0.15) is 0 Å². The number of nitrogens with zero attached hydrogens (tertiary/aromatic N) is 1. The lowest BCUT2D eigenvalue weighted by Gasteiger charge is -2.37. The predicted octanol–water partition coefficient (Wildman–Crippen LogP) is 3.30. The minimum atomic E-state index is -0.893. The van der Waals surface area contributed by atoms with Crippen molar-refractivity contribution in [2.75, 3.05) is 12.4 Å². The zero-order valence-corrected chi connectivity index (χ0v) is 18.4. The average molecular weight is 443 g/mol. The minimum Gasteiger partial charge on any atom is -0.497 e. The first-order valence-electron chi connectivity index (χ1n) is 11.6. The van der Waals surface area contributed by atoms with Crippen molar-refractivity contribution in [3.63, 3.8) is 0 Å². The Morgan fingerprint density at radius 2 is 1.58 bits per heavy atom. The van der Waals surface area contributed by atoms with Gasteiger partial charge in [0.15, 0.2) is 0 Å². The van der Waals surface area contributed by atoms with E-state index in [2.05, 4.69) is 17.5 Å². The molecule has 0 spiro atoms. The number of ether oxygens (including phenoxy) is 1. The van der Waals surface area contributed by atoms with Gasteiger partial charge in [-0.05, 0) is 59.9 Å². The summed E-state index contributed by atoms with van der Waals surface area (Å²) >= 11 is 0. The second-order valence-electron chi connectivity index (χ2n) is 9.62. The number of hydrogen-bond donors (Lipinski definition) is 1. The predicted molar refractivity (Wildman–Crippen MR) is 122 cm³/mol. The number of allylic oxidation sites excluding steroid dienone is 2. The number of carbonyl (C=O) groups excluding carboxylic acids is 3. The van der Waals surface area contributed by atoms with Crippen LogP contribution in [0.15, 0.2) is 66.7 Å². The van der Waals surface area contributed by atoms with Crippen LogP contribution in [0.3, 0.4) is 0 Å². The molecule has 0 unspecified atom stereocenters. The van der Waals surface area contributed by atoms with Gasteiger partial charge in [0.05, 0.1) is 18.9 Å². The number of methoxy groups -OCH3 is 1. The van der Waals surface area contributed by atoms with Gasteiger partial charge in [0.1, 0.15) is 11.8 Å². The van der Waals surface area contributed by atoms with E-state index in [0.29, 0.717) is 23.3 Å². The van der Waals surface area contributed by atoms with E-state index in [9.17, 15) is 14.4 Å². The molecule has 0 aromatic heterocycles. The number of imide groups is 1. The fourth-order valence-corrected chi connectivity index (χ4v) is 6.33. The van der Waals surface area contributed by atoms with Gasteiger partial charge in [0, 0.05) is 12.1 Å². The smallest absolute Gasteiger partial charge is 0.248 e. The molecule has 2 bridgehead atoms. The van der Waals surface area contributed by atoms with Crippen molar-refractivity contribution in [3.8, 4) is 5.75 Å². The molecule has 168 valence electrons. The van der Waals surface area contributed by atoms with Crippen LogP contribution in [0, 0.1) is 35.5 Å². The second kappa shape index (κ2) is 7.58. The molecule has 2 aromatic carbocycles. The van der Waals surface area contributed by atoms with E-state index in [1.165, 1.54) is 4.90 Å². The highest BCUT2D eigenvalue weighted by molar-refractivity contribution is 6.10. The van der Waals surface area contributed by atoms with E-state index >= 15 is 0 Å². The van der Waals surface area contributed by atoms with E-state index in [-0.39, 0.29) is 47.8 Å². The summed E-state index contributed by atoms with van der Waals surface area (Å²) in [6.45, 7) is 0. The molecule has 5 aliphatic rings. The number of hydrogen-bond acceptors (Lipinski definition) is 4. The van der Waals surface area contributed by atoms with Gasteiger partial charge < -0.3 is 10.1 Å². The summed E-state index contributed by atoms with van der Waals surface area (Å²) < 4.78 is 5.19. The molecule has 2 aromatic rings. The van der Waals surface area contributed by atoms with E-state index in [0.717, 1.165) is 12.0 Å². The van der Waals surface area contributed by atoms with E-state index in [1.807, 2.05) is 30.3 Å². The number of amides is 3. The number of rotatable bonds is 6. The van der Waals surface area contributed by atoms with Crippen LogP contribution in [0.1, 0.15) is 12.0 Å². The Balaban J connectivity index is 1.31. The lowest BCUT2D eigenvalue weighted by Crippen LogP contribution is -2.49. The van der Waals surface area contributed by atoms with Crippen LogP contribution < -0.4 is 10.1 Å². The number of carbonyl (C=O) groups is 3. The first-order valence-corrected chi connectivity index (χ1v) is 11.6. The summed E-state index contributed by atoms with van der Waals surface area (Å²) in [5.41, 5.74) is 1.50. The van der Waals surface area contributed by atoms with Gasteiger partial charge in [-0.25, -0.2) is 0 Å². The van der Waals surface area contributed by atoms with Gasteiger partial charge in [-0.3, -0.25) is 19.3 Å². The Bertz CT molecular complexity index is 1110. The van der Waals surface area contributed by atoms with Gasteiger partial charge in [-0.1, -0.05) is 42.5 Å². The highest BCUT2D eigenvalue weighted by Gasteiger charge is 2.67. The third-order valence-electron chi connectivity index (χ3n) is 7.94. The number of anilines is 1. The lowest BCUT2D eigenvalue weighted by molar-refractivity contribution is -0.146. The molecular weight excluding hydrogens is 416 g/mol. The van der Waals surface area contributed by atoms with Crippen molar-refractivity contribution >= 4 is 23.4 Å². The van der Waals surface area contributed by atoms with Crippen molar-refractivity contribution in [1.29, 1.82) is 0 Å². The molecule has 0 radical (unpaired) electrons. The molecule has 3 fully saturated rings. The first-order chi connectivity index (χ1) is 16.1. The van der Waals surface area contributed by atoms with Crippen molar-refractivity contribution in [2.24, 2.45) is 35.5 Å². The molecule has 4 aliphatic carbocycles. The molecular formula is C27H26N2O4. The minimum absolute atomic E-state index is 0.133. The van der Waals surface area contributed by atoms with Gasteiger partial charge in [0.25, 0.3) is 0 Å². The second-order valence-corrected chi connectivity index (χ2v) is 9.62. The van der Waals surface area contributed by atoms with Crippen molar-refractivity contribution < 1.29 is 19.1 Å². The van der Waals surface area contributed by atoms with E-state index < -0.39 is 6.04 Å². The fraction of sp³-hybridized carbons (Fsp3) is 0.370. The zero-order valence-electron chi connectivity index (χ0n) is 18.4. The topological polar surface area (TPSA) is 75.7 Å². The van der Waals surface area contributed by atoms with Crippen LogP contribution in [0.2, 0.25) is 0 Å². The SMILES string of the molecule is COc1ccc(NC(=O)[C@@H](Cc2ccccc2)N2C(=O)[C@@H]3[C@@H]4C=C[C@H]([C@H]5C[C@H]45)[C@@H]3C2=O)cc1. The Morgan fingerprint density at radius 1 is 0.970 bits per heavy atom. The molecule has 1 heterocycles. The highest BCUT2D eigenvalue weighted by Crippen LogP contribution is 2.65. The number of likely N-dealkylation sites (tertiary alicyclic amines) is 1. The number of nitrogens with one attached hydrogen (secondary N) is 1. The summed E-state index contributed by atoms with van der Waals surface area (Å²) in [5, 5.41) is 2.91. The number of benzene rings is 2. The van der Waals surface area contributed by atoms with Crippen molar-refractivity contribution in [1.82, 2.24) is 4.90 Å². The Hall–Kier alpha value is -3.41. The summed E-state index contributed by atoms with van der Waals surface area (Å²) in [6, 6.07) is 15.7. The first kappa shape index (κ1) is 20.2. The Labute approximate surface area is 192 Å². The summed E-state index contributed by atoms with van der Waals surface area (Å²) in [4.78, 5) is 42.1. The summed E-state index contributed by atoms with van der Waals surface area (Å²) in [6.07, 6.45) is 5.70. The van der Waals surface area contributed by atoms with Crippen LogP contribution in [0.5, 0.6) is 5.75 Å². The molecule has 1 N–H and O–H groups in total. The van der Waals surface area contributed by atoms with Crippen LogP contribution in [0.25, 0.3) is 0 Å². The molecule has 3 amide bonds. The molecule has 1 saturated heterocycles. The summed E-state index contributed by atoms with van der Waals surface area (Å²) in [7, 11) is 1.58. The average Bonchev–Trinajstić information content (AvgIpc) is 3.62. The van der Waals surface area contributed by atoms with Gasteiger partial charge >= 0.3 is 0 Å². The maximum atomic E-state index is 13.7. The van der Waals surface area contributed by atoms with E-state index in [1.54, 1.807) is 31.4 Å².